The molecule has 0 heterocycles. The topological polar surface area (TPSA) is 15.3 Å². The molecule has 0 radical (unpaired) electrons. The van der Waals surface area contributed by atoms with Crippen molar-refractivity contribution < 1.29 is 0 Å². The molecule has 0 aromatic heterocycles. The van der Waals surface area contributed by atoms with Crippen molar-refractivity contribution in [2.45, 2.75) is 51.6 Å². The largest absolute Gasteiger partial charge is 0.312 e. The van der Waals surface area contributed by atoms with Crippen molar-refractivity contribution in [2.24, 2.45) is 0 Å². The highest BCUT2D eigenvalue weighted by Crippen LogP contribution is 2.29. The number of nitrogens with one attached hydrogen (secondary N) is 1. The number of halogens is 1. The lowest BCUT2D eigenvalue weighted by Gasteiger charge is -2.46. The van der Waals surface area contributed by atoms with Crippen LogP contribution in [0.5, 0.6) is 0 Å². The molecule has 0 saturated carbocycles. The lowest BCUT2D eigenvalue weighted by molar-refractivity contribution is 0.0888. The average Bonchev–Trinajstić information content (AvgIpc) is 2.43. The number of rotatable bonds is 8. The van der Waals surface area contributed by atoms with Gasteiger partial charge >= 0.3 is 0 Å². The van der Waals surface area contributed by atoms with Gasteiger partial charge < -0.3 is 10.2 Å². The maximum atomic E-state index is 3.72. The minimum absolute atomic E-state index is 0.200. The quantitative estimate of drug-likeness (QED) is 0.766. The Balaban J connectivity index is 3.06. The first kappa shape index (κ1) is 17.7. The van der Waals surface area contributed by atoms with Crippen LogP contribution in [0.3, 0.4) is 0 Å². The van der Waals surface area contributed by atoms with Gasteiger partial charge in [0.1, 0.15) is 0 Å². The van der Waals surface area contributed by atoms with Crippen molar-refractivity contribution >= 4 is 15.9 Å². The maximum absolute atomic E-state index is 3.72. The number of hydrogen-bond acceptors (Lipinski definition) is 2. The van der Waals surface area contributed by atoms with Gasteiger partial charge in [-0.05, 0) is 51.5 Å². The Morgan fingerprint density at radius 3 is 2.20 bits per heavy atom. The third-order valence-electron chi connectivity index (χ3n) is 4.60. The molecule has 20 heavy (non-hydrogen) atoms. The molecule has 1 atom stereocenters. The van der Waals surface area contributed by atoms with Crippen molar-refractivity contribution in [1.82, 2.24) is 10.2 Å². The van der Waals surface area contributed by atoms with Crippen molar-refractivity contribution in [1.29, 1.82) is 0 Å². The fourth-order valence-electron chi connectivity index (χ4n) is 3.27. The summed E-state index contributed by atoms with van der Waals surface area (Å²) >= 11 is 3.68. The molecular formula is C17H29BrN2. The maximum Gasteiger partial charge on any atom is 0.0354 e. The predicted octanol–water partition coefficient (Wildman–Crippen LogP) is 4.09. The first-order valence-electron chi connectivity index (χ1n) is 7.66. The second-order valence-corrected chi connectivity index (χ2v) is 6.47. The predicted molar refractivity (Wildman–Crippen MR) is 92.3 cm³/mol. The number of nitrogens with zero attached hydrogens (tertiary/aromatic N) is 1. The molecule has 0 spiro atoms. The van der Waals surface area contributed by atoms with E-state index >= 15 is 0 Å². The van der Waals surface area contributed by atoms with Crippen LogP contribution in [-0.2, 0) is 6.42 Å². The standard InChI is InChI=1S/C17H29BrN2/c1-6-17(7-2,20(4)5)16(19-8-3)13-14-11-9-10-12-15(14)18/h9-12,16,19H,6-8,13H2,1-5H3. The summed E-state index contributed by atoms with van der Waals surface area (Å²) in [6, 6.07) is 9.01. The van der Waals surface area contributed by atoms with Crippen molar-refractivity contribution in [2.75, 3.05) is 20.6 Å². The molecular weight excluding hydrogens is 312 g/mol. The Morgan fingerprint density at radius 1 is 1.15 bits per heavy atom. The van der Waals surface area contributed by atoms with Crippen LogP contribution in [0.25, 0.3) is 0 Å². The van der Waals surface area contributed by atoms with Gasteiger partial charge in [0.2, 0.25) is 0 Å². The van der Waals surface area contributed by atoms with Crippen LogP contribution < -0.4 is 5.32 Å². The molecule has 1 aromatic rings. The fraction of sp³-hybridized carbons (Fsp3) is 0.647. The van der Waals surface area contributed by atoms with Crippen LogP contribution in [0, 0.1) is 0 Å². The first-order chi connectivity index (χ1) is 9.51. The summed E-state index contributed by atoms with van der Waals surface area (Å²) in [6.45, 7) is 7.80. The van der Waals surface area contributed by atoms with E-state index in [0.29, 0.717) is 6.04 Å². The molecule has 114 valence electrons. The van der Waals surface area contributed by atoms with Gasteiger partial charge in [-0.2, -0.15) is 0 Å². The Bertz CT molecular complexity index is 400. The molecule has 0 bridgehead atoms. The zero-order chi connectivity index (χ0) is 15.2. The van der Waals surface area contributed by atoms with Gasteiger partial charge in [0, 0.05) is 16.1 Å². The van der Waals surface area contributed by atoms with E-state index in [0.717, 1.165) is 25.8 Å². The average molecular weight is 341 g/mol. The van der Waals surface area contributed by atoms with E-state index in [1.54, 1.807) is 0 Å². The van der Waals surface area contributed by atoms with E-state index in [1.165, 1.54) is 10.0 Å². The zero-order valence-electron chi connectivity index (χ0n) is 13.5. The van der Waals surface area contributed by atoms with E-state index in [-0.39, 0.29) is 5.54 Å². The molecule has 0 aliphatic heterocycles. The van der Waals surface area contributed by atoms with Crippen LogP contribution in [0.2, 0.25) is 0 Å². The summed E-state index contributed by atoms with van der Waals surface area (Å²) in [7, 11) is 4.41. The Labute approximate surface area is 133 Å². The highest BCUT2D eigenvalue weighted by atomic mass is 79.9. The Kier molecular flexibility index (Phi) is 7.21. The summed E-state index contributed by atoms with van der Waals surface area (Å²) in [4.78, 5) is 2.40. The fourth-order valence-corrected chi connectivity index (χ4v) is 3.72. The smallest absolute Gasteiger partial charge is 0.0354 e. The third kappa shape index (κ3) is 3.84. The van der Waals surface area contributed by atoms with Gasteiger partial charge in [-0.25, -0.2) is 0 Å². The van der Waals surface area contributed by atoms with Gasteiger partial charge in [0.15, 0.2) is 0 Å². The molecule has 0 fully saturated rings. The lowest BCUT2D eigenvalue weighted by atomic mass is 9.80. The van der Waals surface area contributed by atoms with Crippen molar-refractivity contribution in [3.8, 4) is 0 Å². The molecule has 1 unspecified atom stereocenters. The minimum Gasteiger partial charge on any atom is -0.312 e. The van der Waals surface area contributed by atoms with Crippen LogP contribution in [0.1, 0.15) is 39.2 Å². The Hall–Kier alpha value is -0.380. The van der Waals surface area contributed by atoms with Gasteiger partial charge in [-0.3, -0.25) is 0 Å². The third-order valence-corrected chi connectivity index (χ3v) is 5.37. The van der Waals surface area contributed by atoms with Gasteiger partial charge in [-0.1, -0.05) is 54.9 Å². The van der Waals surface area contributed by atoms with Crippen LogP contribution in [0.15, 0.2) is 28.7 Å². The molecule has 1 aromatic carbocycles. The SMILES string of the molecule is CCNC(Cc1ccccc1Br)C(CC)(CC)N(C)C. The summed E-state index contributed by atoms with van der Waals surface area (Å²) in [5.74, 6) is 0. The Morgan fingerprint density at radius 2 is 1.75 bits per heavy atom. The highest BCUT2D eigenvalue weighted by molar-refractivity contribution is 9.10. The summed E-state index contributed by atoms with van der Waals surface area (Å²) in [5.41, 5.74) is 1.58. The van der Waals surface area contributed by atoms with E-state index < -0.39 is 0 Å². The van der Waals surface area contributed by atoms with Crippen LogP contribution >= 0.6 is 15.9 Å². The second kappa shape index (κ2) is 8.16. The molecule has 0 saturated heterocycles. The van der Waals surface area contributed by atoms with Crippen LogP contribution in [0.4, 0.5) is 0 Å². The molecule has 2 nitrogen and oxygen atoms in total. The second-order valence-electron chi connectivity index (χ2n) is 5.61. The molecule has 3 heteroatoms. The molecule has 1 rings (SSSR count). The zero-order valence-corrected chi connectivity index (χ0v) is 15.1. The van der Waals surface area contributed by atoms with Gasteiger partial charge in [0.25, 0.3) is 0 Å². The monoisotopic (exact) mass is 340 g/mol. The normalized spacial score (nSPS) is 13.8. The molecule has 0 aliphatic rings. The minimum atomic E-state index is 0.200. The van der Waals surface area contributed by atoms with Gasteiger partial charge in [0.05, 0.1) is 0 Å². The van der Waals surface area contributed by atoms with Gasteiger partial charge in [-0.15, -0.1) is 0 Å². The summed E-state index contributed by atoms with van der Waals surface area (Å²) in [6.07, 6.45) is 3.35. The lowest BCUT2D eigenvalue weighted by Crippen LogP contribution is -2.59. The highest BCUT2D eigenvalue weighted by Gasteiger charge is 2.37. The van der Waals surface area contributed by atoms with E-state index in [2.05, 4.69) is 85.3 Å². The number of hydrogen-bond donors (Lipinski definition) is 1. The first-order valence-corrected chi connectivity index (χ1v) is 8.45. The molecule has 1 N–H and O–H groups in total. The molecule has 0 aliphatic carbocycles. The van der Waals surface area contributed by atoms with E-state index in [4.69, 9.17) is 0 Å². The number of likely N-dealkylation sites (N-methyl/N-ethyl adjacent to an activating group) is 2. The van der Waals surface area contributed by atoms with E-state index in [9.17, 15) is 0 Å². The summed E-state index contributed by atoms with van der Waals surface area (Å²) in [5, 5.41) is 3.72. The number of benzene rings is 1. The van der Waals surface area contributed by atoms with Crippen LogP contribution in [-0.4, -0.2) is 37.1 Å². The van der Waals surface area contributed by atoms with Crippen molar-refractivity contribution in [3.05, 3.63) is 34.3 Å². The summed E-state index contributed by atoms with van der Waals surface area (Å²) < 4.78 is 1.21. The van der Waals surface area contributed by atoms with E-state index in [1.807, 2.05) is 0 Å². The molecule has 0 amide bonds. The van der Waals surface area contributed by atoms with Crippen molar-refractivity contribution in [3.63, 3.8) is 0 Å².